The van der Waals surface area contributed by atoms with Crippen LogP contribution in [0, 0.1) is 0 Å². The smallest absolute Gasteiger partial charge is 0.267 e. The molecule has 1 saturated carbocycles. The summed E-state index contributed by atoms with van der Waals surface area (Å²) in [6, 6.07) is 1.82. The zero-order valence-electron chi connectivity index (χ0n) is 13.8. The highest BCUT2D eigenvalue weighted by Gasteiger charge is 2.37. The van der Waals surface area contributed by atoms with Crippen molar-refractivity contribution in [2.75, 3.05) is 7.05 Å². The molecule has 6 heteroatoms. The van der Waals surface area contributed by atoms with Crippen molar-refractivity contribution in [3.8, 4) is 0 Å². The Balaban J connectivity index is 1.76. The van der Waals surface area contributed by atoms with E-state index in [0.29, 0.717) is 18.5 Å². The van der Waals surface area contributed by atoms with Gasteiger partial charge in [0.25, 0.3) is 5.91 Å². The molecular formula is C17H25N3O3. The van der Waals surface area contributed by atoms with E-state index in [1.807, 2.05) is 17.7 Å². The molecule has 126 valence electrons. The van der Waals surface area contributed by atoms with E-state index in [2.05, 4.69) is 10.6 Å². The Morgan fingerprint density at radius 3 is 2.74 bits per heavy atom. The van der Waals surface area contributed by atoms with E-state index in [-0.39, 0.29) is 24.3 Å². The lowest BCUT2D eigenvalue weighted by atomic mass is 9.77. The molecule has 1 atom stereocenters. The summed E-state index contributed by atoms with van der Waals surface area (Å²) < 4.78 is 1.92. The normalized spacial score (nSPS) is 22.0. The van der Waals surface area contributed by atoms with Gasteiger partial charge in [0, 0.05) is 19.8 Å². The Kier molecular flexibility index (Phi) is 4.19. The first-order valence-corrected chi connectivity index (χ1v) is 8.36. The second kappa shape index (κ2) is 6.00. The van der Waals surface area contributed by atoms with Crippen LogP contribution in [0.15, 0.2) is 6.07 Å². The van der Waals surface area contributed by atoms with Gasteiger partial charge in [-0.3, -0.25) is 9.59 Å². The molecule has 2 aliphatic rings. The zero-order valence-corrected chi connectivity index (χ0v) is 13.8. The van der Waals surface area contributed by atoms with Gasteiger partial charge in [-0.05, 0) is 50.2 Å². The Hall–Kier alpha value is -1.82. The summed E-state index contributed by atoms with van der Waals surface area (Å²) in [7, 11) is 3.51. The van der Waals surface area contributed by atoms with E-state index in [0.717, 1.165) is 36.9 Å². The predicted molar refractivity (Wildman–Crippen MR) is 86.0 cm³/mol. The van der Waals surface area contributed by atoms with Gasteiger partial charge >= 0.3 is 0 Å². The molecule has 1 unspecified atom stereocenters. The quantitative estimate of drug-likeness (QED) is 0.779. The van der Waals surface area contributed by atoms with Crippen molar-refractivity contribution in [1.29, 1.82) is 0 Å². The Labute approximate surface area is 136 Å². The van der Waals surface area contributed by atoms with Crippen LogP contribution in [0.3, 0.4) is 0 Å². The number of nitrogens with one attached hydrogen (secondary N) is 2. The minimum atomic E-state index is -0.800. The minimum absolute atomic E-state index is 0.0699. The first-order valence-electron chi connectivity index (χ1n) is 8.36. The van der Waals surface area contributed by atoms with E-state index in [1.54, 1.807) is 7.05 Å². The highest BCUT2D eigenvalue weighted by molar-refractivity contribution is 5.93. The highest BCUT2D eigenvalue weighted by Crippen LogP contribution is 2.36. The molecule has 1 aromatic heterocycles. The second-order valence-corrected chi connectivity index (χ2v) is 6.84. The largest absolute Gasteiger partial charge is 0.389 e. The number of hydrogen-bond acceptors (Lipinski definition) is 3. The lowest BCUT2D eigenvalue weighted by Gasteiger charge is -2.36. The lowest BCUT2D eigenvalue weighted by Crippen LogP contribution is -2.43. The molecule has 3 rings (SSSR count). The number of rotatable bonds is 4. The van der Waals surface area contributed by atoms with Crippen molar-refractivity contribution >= 4 is 11.8 Å². The van der Waals surface area contributed by atoms with Gasteiger partial charge in [0.15, 0.2) is 0 Å². The third-order valence-electron chi connectivity index (χ3n) is 5.24. The molecule has 0 spiro atoms. The van der Waals surface area contributed by atoms with Crippen LogP contribution in [-0.2, 0) is 18.3 Å². The topological polar surface area (TPSA) is 83.4 Å². The van der Waals surface area contributed by atoms with Crippen molar-refractivity contribution in [2.24, 2.45) is 7.05 Å². The van der Waals surface area contributed by atoms with Crippen molar-refractivity contribution in [3.05, 3.63) is 23.0 Å². The Morgan fingerprint density at radius 2 is 2.13 bits per heavy atom. The molecule has 1 fully saturated rings. The first-order chi connectivity index (χ1) is 10.9. The van der Waals surface area contributed by atoms with E-state index in [1.165, 1.54) is 0 Å². The van der Waals surface area contributed by atoms with Crippen molar-refractivity contribution < 1.29 is 14.7 Å². The number of hydrogen-bond donors (Lipinski definition) is 3. The van der Waals surface area contributed by atoms with Crippen LogP contribution < -0.4 is 10.6 Å². The summed E-state index contributed by atoms with van der Waals surface area (Å²) in [4.78, 5) is 24.2. The van der Waals surface area contributed by atoms with Gasteiger partial charge in [0.05, 0.1) is 18.1 Å². The van der Waals surface area contributed by atoms with Crippen LogP contribution in [0.1, 0.15) is 66.3 Å². The molecule has 0 aromatic carbocycles. The number of amides is 2. The van der Waals surface area contributed by atoms with Crippen LogP contribution in [0.25, 0.3) is 0 Å². The summed E-state index contributed by atoms with van der Waals surface area (Å²) >= 11 is 0. The molecule has 2 aliphatic carbocycles. The number of fused-ring (bicyclic) bond motifs is 1. The molecule has 3 N–H and O–H groups in total. The molecule has 23 heavy (non-hydrogen) atoms. The molecule has 1 aromatic rings. The number of carbonyl (C=O) groups excluding carboxylic acids is 2. The van der Waals surface area contributed by atoms with Gasteiger partial charge in [0.2, 0.25) is 5.91 Å². The Morgan fingerprint density at radius 1 is 1.39 bits per heavy atom. The van der Waals surface area contributed by atoms with E-state index in [4.69, 9.17) is 0 Å². The fraction of sp³-hybridized carbons (Fsp3) is 0.647. The monoisotopic (exact) mass is 319 g/mol. The fourth-order valence-electron chi connectivity index (χ4n) is 3.71. The van der Waals surface area contributed by atoms with Gasteiger partial charge < -0.3 is 20.3 Å². The highest BCUT2D eigenvalue weighted by atomic mass is 16.3. The van der Waals surface area contributed by atoms with Crippen molar-refractivity contribution in [3.63, 3.8) is 0 Å². The molecule has 0 bridgehead atoms. The van der Waals surface area contributed by atoms with Crippen molar-refractivity contribution in [2.45, 2.75) is 56.6 Å². The van der Waals surface area contributed by atoms with Crippen LogP contribution in [0.2, 0.25) is 0 Å². The van der Waals surface area contributed by atoms with E-state index in [9.17, 15) is 14.7 Å². The van der Waals surface area contributed by atoms with Crippen LogP contribution in [-0.4, -0.2) is 34.1 Å². The maximum absolute atomic E-state index is 12.3. The molecule has 1 heterocycles. The van der Waals surface area contributed by atoms with Gasteiger partial charge in [-0.25, -0.2) is 0 Å². The summed E-state index contributed by atoms with van der Waals surface area (Å²) in [5, 5.41) is 15.8. The first kappa shape index (κ1) is 16.1. The summed E-state index contributed by atoms with van der Waals surface area (Å²) in [5.41, 5.74) is 1.97. The molecule has 6 nitrogen and oxygen atoms in total. The third kappa shape index (κ3) is 3.00. The molecule has 0 radical (unpaired) electrons. The second-order valence-electron chi connectivity index (χ2n) is 6.84. The standard InChI is InChI=1S/C17H25N3O3/c1-18-16(22)14-9-11-12(5-3-6-13(11)20(14)2)19-15(21)10-17(23)7-4-8-17/h9,12,23H,3-8,10H2,1-2H3,(H,18,22)(H,19,21). The molecule has 2 amide bonds. The molecule has 0 saturated heterocycles. The number of carbonyl (C=O) groups is 2. The maximum atomic E-state index is 12.3. The molecule has 0 aliphatic heterocycles. The maximum Gasteiger partial charge on any atom is 0.267 e. The van der Waals surface area contributed by atoms with Crippen LogP contribution >= 0.6 is 0 Å². The van der Waals surface area contributed by atoms with Crippen LogP contribution in [0.4, 0.5) is 0 Å². The number of aliphatic hydroxyl groups is 1. The van der Waals surface area contributed by atoms with Crippen molar-refractivity contribution in [1.82, 2.24) is 15.2 Å². The van der Waals surface area contributed by atoms with E-state index >= 15 is 0 Å². The average Bonchev–Trinajstić information content (AvgIpc) is 2.83. The predicted octanol–water partition coefficient (Wildman–Crippen LogP) is 1.18. The van der Waals surface area contributed by atoms with Gasteiger partial charge in [-0.15, -0.1) is 0 Å². The summed E-state index contributed by atoms with van der Waals surface area (Å²) in [5.74, 6) is -0.217. The zero-order chi connectivity index (χ0) is 16.6. The van der Waals surface area contributed by atoms with Crippen LogP contribution in [0.5, 0.6) is 0 Å². The lowest BCUT2D eigenvalue weighted by molar-refractivity contribution is -0.131. The SMILES string of the molecule is CNC(=O)c1cc2c(n1C)CCCC2NC(=O)CC1(O)CCC1. The minimum Gasteiger partial charge on any atom is -0.389 e. The van der Waals surface area contributed by atoms with Gasteiger partial charge in [0.1, 0.15) is 5.69 Å². The Bertz CT molecular complexity index is 631. The summed E-state index contributed by atoms with van der Waals surface area (Å²) in [6.07, 6.45) is 5.35. The van der Waals surface area contributed by atoms with E-state index < -0.39 is 5.60 Å². The third-order valence-corrected chi connectivity index (χ3v) is 5.24. The van der Waals surface area contributed by atoms with Gasteiger partial charge in [-0.2, -0.15) is 0 Å². The number of nitrogens with zero attached hydrogens (tertiary/aromatic N) is 1. The number of aromatic nitrogens is 1. The van der Waals surface area contributed by atoms with Gasteiger partial charge in [-0.1, -0.05) is 0 Å². The molecular weight excluding hydrogens is 294 g/mol. The summed E-state index contributed by atoms with van der Waals surface area (Å²) in [6.45, 7) is 0. The fourth-order valence-corrected chi connectivity index (χ4v) is 3.71. The average molecular weight is 319 g/mol.